The van der Waals surface area contributed by atoms with Gasteiger partial charge >= 0.3 is 5.97 Å². The van der Waals surface area contributed by atoms with Gasteiger partial charge in [0.05, 0.1) is 13.2 Å². The van der Waals surface area contributed by atoms with E-state index in [-0.39, 0.29) is 28.6 Å². The first-order chi connectivity index (χ1) is 14.5. The van der Waals surface area contributed by atoms with Crippen molar-refractivity contribution in [3.05, 3.63) is 47.5 Å². The smallest absolute Gasteiger partial charge is 0.305 e. The van der Waals surface area contributed by atoms with Gasteiger partial charge in [-0.2, -0.15) is 0 Å². The SMILES string of the molecule is CCCCCC(O)c1ccc([C@@H]2[C@@H](CC=CCCCC(=O)OC)[C@H](Cl)C[C@@H]2Cl)cc1. The maximum absolute atomic E-state index is 11.2. The number of benzene rings is 1. The summed E-state index contributed by atoms with van der Waals surface area (Å²) in [5.74, 6) is 0.329. The summed E-state index contributed by atoms with van der Waals surface area (Å²) in [5.41, 5.74) is 2.18. The third-order valence-corrected chi connectivity index (χ3v) is 7.06. The number of methoxy groups -OCH3 is 1. The van der Waals surface area contributed by atoms with Crippen molar-refractivity contribution in [3.8, 4) is 0 Å². The highest BCUT2D eigenvalue weighted by molar-refractivity contribution is 6.25. The van der Waals surface area contributed by atoms with Gasteiger partial charge in [-0.25, -0.2) is 0 Å². The summed E-state index contributed by atoms with van der Waals surface area (Å²) in [4.78, 5) is 11.2. The fraction of sp³-hybridized carbons (Fsp3) is 0.640. The van der Waals surface area contributed by atoms with Gasteiger partial charge in [0, 0.05) is 23.1 Å². The first-order valence-corrected chi connectivity index (χ1v) is 12.1. The molecule has 1 aliphatic carbocycles. The van der Waals surface area contributed by atoms with Crippen molar-refractivity contribution in [2.75, 3.05) is 7.11 Å². The van der Waals surface area contributed by atoms with Gasteiger partial charge < -0.3 is 9.84 Å². The van der Waals surface area contributed by atoms with Crippen molar-refractivity contribution in [1.82, 2.24) is 0 Å². The van der Waals surface area contributed by atoms with E-state index in [1.54, 1.807) is 0 Å². The summed E-state index contributed by atoms with van der Waals surface area (Å²) >= 11 is 13.3. The Morgan fingerprint density at radius 2 is 1.90 bits per heavy atom. The van der Waals surface area contributed by atoms with Crippen LogP contribution in [0.25, 0.3) is 0 Å². The number of aliphatic hydroxyl groups excluding tert-OH is 1. The predicted molar refractivity (Wildman–Crippen MR) is 125 cm³/mol. The van der Waals surface area contributed by atoms with Crippen LogP contribution in [0.1, 0.15) is 87.9 Å². The molecule has 1 aromatic carbocycles. The fourth-order valence-corrected chi connectivity index (χ4v) is 5.38. The Labute approximate surface area is 191 Å². The van der Waals surface area contributed by atoms with E-state index in [0.717, 1.165) is 56.9 Å². The molecule has 0 radical (unpaired) electrons. The largest absolute Gasteiger partial charge is 0.469 e. The van der Waals surface area contributed by atoms with Gasteiger partial charge in [0.15, 0.2) is 0 Å². The number of rotatable bonds is 12. The van der Waals surface area contributed by atoms with Crippen molar-refractivity contribution < 1.29 is 14.6 Å². The van der Waals surface area contributed by atoms with Gasteiger partial charge in [0.25, 0.3) is 0 Å². The lowest BCUT2D eigenvalue weighted by Crippen LogP contribution is -2.16. The van der Waals surface area contributed by atoms with Crippen LogP contribution in [0.4, 0.5) is 0 Å². The second-order valence-corrected chi connectivity index (χ2v) is 9.43. The van der Waals surface area contributed by atoms with Crippen LogP contribution in [0.2, 0.25) is 0 Å². The third kappa shape index (κ3) is 7.59. The zero-order valence-corrected chi connectivity index (χ0v) is 19.7. The van der Waals surface area contributed by atoms with E-state index >= 15 is 0 Å². The summed E-state index contributed by atoms with van der Waals surface area (Å²) in [6, 6.07) is 8.30. The molecule has 3 nitrogen and oxygen atoms in total. The van der Waals surface area contributed by atoms with Crippen molar-refractivity contribution in [2.45, 2.75) is 87.5 Å². The minimum absolute atomic E-state index is 0.0190. The Balaban J connectivity index is 1.94. The van der Waals surface area contributed by atoms with Gasteiger partial charge in [0.1, 0.15) is 0 Å². The number of unbranched alkanes of at least 4 members (excludes halogenated alkanes) is 3. The van der Waals surface area contributed by atoms with E-state index in [1.165, 1.54) is 12.7 Å². The van der Waals surface area contributed by atoms with E-state index in [1.807, 2.05) is 12.1 Å². The van der Waals surface area contributed by atoms with E-state index in [4.69, 9.17) is 23.2 Å². The van der Waals surface area contributed by atoms with Gasteiger partial charge in [-0.15, -0.1) is 23.2 Å². The average molecular weight is 455 g/mol. The summed E-state index contributed by atoms with van der Waals surface area (Å²) in [6.07, 6.45) is 11.8. The standard InChI is InChI=1S/C25H36Cl2O3/c1-3-4-7-11-23(28)18-13-15-19(16-14-18)25-20(21(26)17-22(25)27)10-8-5-6-9-12-24(29)30-2/h5,8,13-16,20-23,25,28H,3-4,6-7,9-12,17H2,1-2H3/t20-,21+,22-,23?,25+/m0/s1. The Morgan fingerprint density at radius 1 is 1.17 bits per heavy atom. The lowest BCUT2D eigenvalue weighted by molar-refractivity contribution is -0.140. The van der Waals surface area contributed by atoms with Crippen molar-refractivity contribution in [2.24, 2.45) is 5.92 Å². The van der Waals surface area contributed by atoms with Gasteiger partial charge in [0.2, 0.25) is 0 Å². The Morgan fingerprint density at radius 3 is 2.57 bits per heavy atom. The highest BCUT2D eigenvalue weighted by Gasteiger charge is 2.41. The molecule has 0 spiro atoms. The first kappa shape index (κ1) is 25.2. The van der Waals surface area contributed by atoms with Gasteiger partial charge in [-0.3, -0.25) is 4.79 Å². The quantitative estimate of drug-likeness (QED) is 0.161. The number of ether oxygens (including phenoxy) is 1. The lowest BCUT2D eigenvalue weighted by Gasteiger charge is -2.23. The number of halogens is 2. The molecule has 5 heteroatoms. The maximum atomic E-state index is 11.2. The molecule has 1 saturated carbocycles. The number of esters is 1. The number of hydrogen-bond acceptors (Lipinski definition) is 3. The summed E-state index contributed by atoms with van der Waals surface area (Å²) < 4.78 is 4.66. The molecule has 1 N–H and O–H groups in total. The molecule has 1 unspecified atom stereocenters. The summed E-state index contributed by atoms with van der Waals surface area (Å²) in [5, 5.41) is 10.5. The van der Waals surface area contributed by atoms with E-state index in [0.29, 0.717) is 6.42 Å². The fourth-order valence-electron chi connectivity index (χ4n) is 4.31. The molecular formula is C25H36Cl2O3. The van der Waals surface area contributed by atoms with Crippen LogP contribution < -0.4 is 0 Å². The zero-order valence-electron chi connectivity index (χ0n) is 18.2. The Bertz CT molecular complexity index is 659. The topological polar surface area (TPSA) is 46.5 Å². The number of aliphatic hydroxyl groups is 1. The molecule has 0 aromatic heterocycles. The highest BCUT2D eigenvalue weighted by Crippen LogP contribution is 2.47. The molecule has 30 heavy (non-hydrogen) atoms. The lowest BCUT2D eigenvalue weighted by atomic mass is 9.85. The maximum Gasteiger partial charge on any atom is 0.305 e. The van der Waals surface area contributed by atoms with E-state index in [2.05, 4.69) is 35.9 Å². The number of allylic oxidation sites excluding steroid dienone is 2. The molecular weight excluding hydrogens is 419 g/mol. The minimum atomic E-state index is -0.398. The second-order valence-electron chi connectivity index (χ2n) is 8.31. The molecule has 168 valence electrons. The van der Waals surface area contributed by atoms with E-state index < -0.39 is 6.10 Å². The highest BCUT2D eigenvalue weighted by atomic mass is 35.5. The monoisotopic (exact) mass is 454 g/mol. The van der Waals surface area contributed by atoms with Crippen LogP contribution in [0.3, 0.4) is 0 Å². The molecule has 1 aliphatic rings. The van der Waals surface area contributed by atoms with Crippen LogP contribution in [0.15, 0.2) is 36.4 Å². The third-order valence-electron chi connectivity index (χ3n) is 6.11. The van der Waals surface area contributed by atoms with Crippen molar-refractivity contribution in [3.63, 3.8) is 0 Å². The molecule has 0 heterocycles. The molecule has 1 aromatic rings. The first-order valence-electron chi connectivity index (χ1n) is 11.3. The number of hydrogen-bond donors (Lipinski definition) is 1. The molecule has 5 atom stereocenters. The van der Waals surface area contributed by atoms with Crippen LogP contribution >= 0.6 is 23.2 Å². The van der Waals surface area contributed by atoms with Crippen LogP contribution in [0, 0.1) is 5.92 Å². The summed E-state index contributed by atoms with van der Waals surface area (Å²) in [7, 11) is 1.42. The van der Waals surface area contributed by atoms with E-state index in [9.17, 15) is 9.90 Å². The Hall–Kier alpha value is -1.03. The summed E-state index contributed by atoms with van der Waals surface area (Å²) in [6.45, 7) is 2.17. The van der Waals surface area contributed by atoms with Crippen LogP contribution in [-0.4, -0.2) is 28.9 Å². The number of carbonyl (C=O) groups is 1. The van der Waals surface area contributed by atoms with Gasteiger partial charge in [-0.05, 0) is 49.1 Å². The van der Waals surface area contributed by atoms with Crippen LogP contribution in [-0.2, 0) is 9.53 Å². The molecule has 0 saturated heterocycles. The molecule has 0 bridgehead atoms. The van der Waals surface area contributed by atoms with Crippen molar-refractivity contribution >= 4 is 29.2 Å². The van der Waals surface area contributed by atoms with Crippen LogP contribution in [0.5, 0.6) is 0 Å². The normalized spacial score (nSPS) is 25.0. The van der Waals surface area contributed by atoms with Crippen molar-refractivity contribution in [1.29, 1.82) is 0 Å². The minimum Gasteiger partial charge on any atom is -0.469 e. The number of alkyl halides is 2. The second kappa shape index (κ2) is 13.4. The average Bonchev–Trinajstić information content (AvgIpc) is 3.03. The predicted octanol–water partition coefficient (Wildman–Crippen LogP) is 6.91. The molecule has 0 aliphatic heterocycles. The zero-order chi connectivity index (χ0) is 21.9. The Kier molecular flexibility index (Phi) is 11.3. The number of carbonyl (C=O) groups excluding carboxylic acids is 1. The van der Waals surface area contributed by atoms with Gasteiger partial charge in [-0.1, -0.05) is 62.6 Å². The molecule has 0 amide bonds. The molecule has 1 fully saturated rings. The molecule has 2 rings (SSSR count).